The summed E-state index contributed by atoms with van der Waals surface area (Å²) >= 11 is 0. The van der Waals surface area contributed by atoms with Crippen LogP contribution in [0, 0.1) is 5.92 Å². The Balaban J connectivity index is 1.16. The second kappa shape index (κ2) is 10.2. The van der Waals surface area contributed by atoms with Gasteiger partial charge in [-0.25, -0.2) is 0 Å². The molecule has 0 amide bonds. The van der Waals surface area contributed by atoms with Crippen molar-refractivity contribution in [3.05, 3.63) is 150 Å². The summed E-state index contributed by atoms with van der Waals surface area (Å²) in [6.45, 7) is 7.04. The fourth-order valence-electron chi connectivity index (χ4n) is 8.14. The number of rotatable bonds is 2. The normalized spacial score (nSPS) is 19.9. The van der Waals surface area contributed by atoms with Crippen LogP contribution in [0.1, 0.15) is 61.8 Å². The summed E-state index contributed by atoms with van der Waals surface area (Å²) in [7, 11) is 0. The van der Waals surface area contributed by atoms with Gasteiger partial charge in [0.15, 0.2) is 0 Å². The first-order chi connectivity index (χ1) is 22.5. The molecule has 0 bridgehead atoms. The first kappa shape index (κ1) is 27.2. The van der Waals surface area contributed by atoms with Gasteiger partial charge in [-0.1, -0.05) is 106 Å². The Kier molecular flexibility index (Phi) is 6.02. The molecule has 0 fully saturated rings. The van der Waals surface area contributed by atoms with Gasteiger partial charge in [0.1, 0.15) is 0 Å². The number of hydrogen-bond donors (Lipinski definition) is 0. The maximum atomic E-state index is 5.21. The molecule has 222 valence electrons. The zero-order chi connectivity index (χ0) is 31.0. The van der Waals surface area contributed by atoms with Crippen LogP contribution in [0.25, 0.3) is 50.3 Å². The lowest BCUT2D eigenvalue weighted by atomic mass is 9.76. The van der Waals surface area contributed by atoms with Crippen molar-refractivity contribution >= 4 is 11.3 Å². The van der Waals surface area contributed by atoms with E-state index in [0.29, 0.717) is 5.92 Å². The molecule has 9 rings (SSSR count). The van der Waals surface area contributed by atoms with E-state index in [4.69, 9.17) is 15.0 Å². The quantitative estimate of drug-likeness (QED) is 0.200. The average molecular weight is 594 g/mol. The summed E-state index contributed by atoms with van der Waals surface area (Å²) < 4.78 is 0. The fourth-order valence-corrected chi connectivity index (χ4v) is 8.14. The van der Waals surface area contributed by atoms with E-state index in [2.05, 4.69) is 124 Å². The van der Waals surface area contributed by atoms with Gasteiger partial charge in [-0.2, -0.15) is 0 Å². The molecule has 0 radical (unpaired) electrons. The molecule has 4 aliphatic rings. The summed E-state index contributed by atoms with van der Waals surface area (Å²) in [5.74, 6) is 0.675. The van der Waals surface area contributed by atoms with Crippen molar-refractivity contribution in [3.8, 4) is 44.8 Å². The topological polar surface area (TPSA) is 38.1 Å². The third kappa shape index (κ3) is 4.01. The molecule has 2 aromatic heterocycles. The molecule has 0 spiro atoms. The van der Waals surface area contributed by atoms with E-state index >= 15 is 0 Å². The number of pyridine rings is 2. The van der Waals surface area contributed by atoms with Crippen LogP contribution >= 0.6 is 0 Å². The highest BCUT2D eigenvalue weighted by Crippen LogP contribution is 2.54. The zero-order valence-electron chi connectivity index (χ0n) is 26.5. The minimum atomic E-state index is -0.0969. The van der Waals surface area contributed by atoms with Gasteiger partial charge < -0.3 is 0 Å². The highest BCUT2D eigenvalue weighted by atomic mass is 14.8. The average Bonchev–Trinajstić information content (AvgIpc) is 3.32. The number of nitrogens with zero attached hydrogens (tertiary/aromatic N) is 3. The Bertz CT molecular complexity index is 2200. The molecule has 0 saturated heterocycles. The Hall–Kier alpha value is -5.15. The van der Waals surface area contributed by atoms with Crippen molar-refractivity contribution < 1.29 is 0 Å². The second-order valence-electron chi connectivity index (χ2n) is 13.6. The number of aliphatic imine (C=N–C) groups is 1. The van der Waals surface area contributed by atoms with Gasteiger partial charge in [-0.05, 0) is 86.7 Å². The number of hydrogen-bond acceptors (Lipinski definition) is 3. The Morgan fingerprint density at radius 2 is 1.39 bits per heavy atom. The van der Waals surface area contributed by atoms with Gasteiger partial charge in [0.05, 0.1) is 17.1 Å². The van der Waals surface area contributed by atoms with Crippen LogP contribution in [0.2, 0.25) is 0 Å². The fraction of sp³-hybridized carbons (Fsp3) is 0.186. The molecule has 0 saturated carbocycles. The number of benzene rings is 3. The molecule has 3 nitrogen and oxygen atoms in total. The standard InChI is InChI=1S/C43H35N3/c1-26-10-8-20-44-40(26)28-17-19-35-34-18-16-27(23-38(34)43(2,3)39(35)24-28)29-22-37-33-14-7-5-12-31(33)30-11-4-6-13-32(30)36-15-9-21-45-41(36)42(37)46-25-29/h4-9,11-15,17-27H,10,16H2,1-3H3. The van der Waals surface area contributed by atoms with E-state index in [1.165, 1.54) is 61.4 Å². The van der Waals surface area contributed by atoms with Crippen LogP contribution < -0.4 is 0 Å². The molecular weight excluding hydrogens is 558 g/mol. The van der Waals surface area contributed by atoms with Gasteiger partial charge in [0.2, 0.25) is 0 Å². The Labute approximate surface area is 270 Å². The highest BCUT2D eigenvalue weighted by molar-refractivity contribution is 6.04. The number of fused-ring (bicyclic) bond motifs is 11. The highest BCUT2D eigenvalue weighted by Gasteiger charge is 2.40. The summed E-state index contributed by atoms with van der Waals surface area (Å²) in [5.41, 5.74) is 18.2. The first-order valence-electron chi connectivity index (χ1n) is 16.4. The van der Waals surface area contributed by atoms with E-state index < -0.39 is 0 Å². The van der Waals surface area contributed by atoms with Crippen molar-refractivity contribution in [1.29, 1.82) is 0 Å². The van der Waals surface area contributed by atoms with Crippen molar-refractivity contribution in [2.75, 3.05) is 0 Å². The summed E-state index contributed by atoms with van der Waals surface area (Å²) in [6, 6.07) is 31.0. The number of allylic oxidation sites excluding steroid dienone is 5. The Morgan fingerprint density at radius 3 is 2.15 bits per heavy atom. The summed E-state index contributed by atoms with van der Waals surface area (Å²) in [4.78, 5) is 14.9. The third-order valence-corrected chi connectivity index (χ3v) is 10.6. The molecule has 3 aromatic carbocycles. The van der Waals surface area contributed by atoms with Gasteiger partial charge in [-0.3, -0.25) is 15.0 Å². The maximum absolute atomic E-state index is 5.21. The zero-order valence-corrected chi connectivity index (χ0v) is 26.5. The maximum Gasteiger partial charge on any atom is 0.0971 e. The lowest BCUT2D eigenvalue weighted by molar-refractivity contribution is 0.647. The monoisotopic (exact) mass is 593 g/mol. The first-order valence-corrected chi connectivity index (χ1v) is 16.4. The second-order valence-corrected chi connectivity index (χ2v) is 13.6. The van der Waals surface area contributed by atoms with Crippen LogP contribution in [0.4, 0.5) is 0 Å². The smallest absolute Gasteiger partial charge is 0.0971 e. The van der Waals surface area contributed by atoms with Crippen LogP contribution in [0.5, 0.6) is 0 Å². The van der Waals surface area contributed by atoms with Crippen molar-refractivity contribution in [3.63, 3.8) is 0 Å². The van der Waals surface area contributed by atoms with E-state index in [-0.39, 0.29) is 11.3 Å². The van der Waals surface area contributed by atoms with Crippen molar-refractivity contribution in [2.24, 2.45) is 10.9 Å². The minimum Gasteiger partial charge on any atom is -0.261 e. The van der Waals surface area contributed by atoms with Crippen LogP contribution in [0.15, 0.2) is 132 Å². The van der Waals surface area contributed by atoms with Gasteiger partial charge in [-0.15, -0.1) is 0 Å². The molecule has 0 N–H and O–H groups in total. The van der Waals surface area contributed by atoms with Gasteiger partial charge in [0, 0.05) is 47.0 Å². The van der Waals surface area contributed by atoms with E-state index in [0.717, 1.165) is 35.4 Å². The van der Waals surface area contributed by atoms with Crippen LogP contribution in [-0.2, 0) is 5.41 Å². The van der Waals surface area contributed by atoms with Crippen LogP contribution in [0.3, 0.4) is 0 Å². The number of aromatic nitrogens is 2. The molecule has 3 heterocycles. The van der Waals surface area contributed by atoms with Gasteiger partial charge in [0.25, 0.3) is 0 Å². The van der Waals surface area contributed by atoms with E-state index in [9.17, 15) is 0 Å². The predicted octanol–water partition coefficient (Wildman–Crippen LogP) is 10.6. The molecule has 3 heteroatoms. The van der Waals surface area contributed by atoms with E-state index in [1.807, 2.05) is 18.5 Å². The molecular formula is C43H35N3. The van der Waals surface area contributed by atoms with Gasteiger partial charge >= 0.3 is 0 Å². The largest absolute Gasteiger partial charge is 0.261 e. The lowest BCUT2D eigenvalue weighted by Crippen LogP contribution is -2.19. The SMILES string of the molecule is CC1CC=CN=C1c1ccc2c(c1)C(C)(C)C1=CC(c3cnc4c(c3)-c3ccccc3-c3ccccc3-c3cccnc3-4)CC=C12. The molecule has 5 aromatic rings. The molecule has 2 atom stereocenters. The predicted molar refractivity (Wildman–Crippen MR) is 190 cm³/mol. The molecule has 2 unspecified atom stereocenters. The summed E-state index contributed by atoms with van der Waals surface area (Å²) in [5, 5.41) is 0. The lowest BCUT2D eigenvalue weighted by Gasteiger charge is -2.28. The Morgan fingerprint density at radius 1 is 0.696 bits per heavy atom. The minimum absolute atomic E-state index is 0.0969. The molecule has 1 aliphatic heterocycles. The third-order valence-electron chi connectivity index (χ3n) is 10.6. The molecule has 46 heavy (non-hydrogen) atoms. The van der Waals surface area contributed by atoms with E-state index in [1.54, 1.807) is 0 Å². The van der Waals surface area contributed by atoms with Crippen molar-refractivity contribution in [1.82, 2.24) is 9.97 Å². The van der Waals surface area contributed by atoms with Crippen molar-refractivity contribution in [2.45, 2.75) is 44.9 Å². The summed E-state index contributed by atoms with van der Waals surface area (Å²) in [6.07, 6.45) is 15.1. The van der Waals surface area contributed by atoms with Crippen LogP contribution in [-0.4, -0.2) is 15.7 Å². The molecule has 3 aliphatic carbocycles.